The van der Waals surface area contributed by atoms with Crippen molar-refractivity contribution in [3.8, 4) is 0 Å². The molecular weight excluding hydrogens is 248 g/mol. The van der Waals surface area contributed by atoms with Crippen molar-refractivity contribution in [1.29, 1.82) is 0 Å². The van der Waals surface area contributed by atoms with Crippen molar-refractivity contribution < 1.29 is 5.11 Å². The van der Waals surface area contributed by atoms with Gasteiger partial charge in [0.1, 0.15) is 0 Å². The van der Waals surface area contributed by atoms with Gasteiger partial charge in [0, 0.05) is 29.2 Å². The van der Waals surface area contributed by atoms with E-state index in [4.69, 9.17) is 0 Å². The maximum atomic E-state index is 9.61. The van der Waals surface area contributed by atoms with Crippen molar-refractivity contribution in [2.75, 3.05) is 4.90 Å². The molecule has 0 radical (unpaired) electrons. The second-order valence-corrected chi connectivity index (χ2v) is 5.50. The molecule has 3 nitrogen and oxygen atoms in total. The van der Waals surface area contributed by atoms with E-state index in [0.29, 0.717) is 6.04 Å². The lowest BCUT2D eigenvalue weighted by Crippen LogP contribution is -2.34. The van der Waals surface area contributed by atoms with E-state index in [9.17, 15) is 5.11 Å². The largest absolute Gasteiger partial charge is 0.392 e. The smallest absolute Gasteiger partial charge is 0.0717 e. The molecule has 1 aromatic carbocycles. The zero-order valence-corrected chi connectivity index (χ0v) is 12.0. The van der Waals surface area contributed by atoms with Gasteiger partial charge in [-0.05, 0) is 44.4 Å². The fourth-order valence-corrected chi connectivity index (χ4v) is 2.98. The Morgan fingerprint density at radius 1 is 1.30 bits per heavy atom. The molecule has 1 aliphatic rings. The van der Waals surface area contributed by atoms with E-state index < -0.39 is 0 Å². The van der Waals surface area contributed by atoms with Crippen molar-refractivity contribution >= 4 is 11.4 Å². The molecule has 1 N–H and O–H groups in total. The van der Waals surface area contributed by atoms with Crippen LogP contribution in [0.4, 0.5) is 11.4 Å². The number of rotatable bonds is 2. The minimum absolute atomic E-state index is 0.0218. The summed E-state index contributed by atoms with van der Waals surface area (Å²) in [6.45, 7) is 4.26. The second kappa shape index (κ2) is 5.25. The molecule has 0 fully saturated rings. The highest BCUT2D eigenvalue weighted by Gasteiger charge is 2.25. The van der Waals surface area contributed by atoms with Crippen LogP contribution in [0.1, 0.15) is 30.2 Å². The zero-order chi connectivity index (χ0) is 14.1. The second-order valence-electron chi connectivity index (χ2n) is 5.50. The molecule has 1 aromatic heterocycles. The maximum Gasteiger partial charge on any atom is 0.0717 e. The van der Waals surface area contributed by atoms with Crippen LogP contribution in [0.15, 0.2) is 36.5 Å². The fourth-order valence-electron chi connectivity index (χ4n) is 2.98. The molecule has 0 saturated carbocycles. The number of aliphatic hydroxyl groups is 1. The summed E-state index contributed by atoms with van der Waals surface area (Å²) in [5, 5.41) is 9.61. The van der Waals surface area contributed by atoms with Crippen LogP contribution in [0, 0.1) is 6.92 Å². The van der Waals surface area contributed by atoms with Gasteiger partial charge >= 0.3 is 0 Å². The number of benzene rings is 1. The zero-order valence-electron chi connectivity index (χ0n) is 12.0. The molecule has 3 rings (SSSR count). The molecule has 1 aliphatic heterocycles. The lowest BCUT2D eigenvalue weighted by molar-refractivity contribution is 0.281. The number of hydrogen-bond acceptors (Lipinski definition) is 3. The van der Waals surface area contributed by atoms with E-state index in [0.717, 1.165) is 29.8 Å². The van der Waals surface area contributed by atoms with Gasteiger partial charge in [-0.3, -0.25) is 4.98 Å². The first-order valence-electron chi connectivity index (χ1n) is 7.14. The Labute approximate surface area is 119 Å². The average molecular weight is 268 g/mol. The molecule has 0 spiro atoms. The van der Waals surface area contributed by atoms with Gasteiger partial charge in [0.05, 0.1) is 12.3 Å². The Morgan fingerprint density at radius 3 is 2.90 bits per heavy atom. The predicted octanol–water partition coefficient (Wildman–Crippen LogP) is 3.36. The van der Waals surface area contributed by atoms with Gasteiger partial charge in [-0.2, -0.15) is 0 Å². The summed E-state index contributed by atoms with van der Waals surface area (Å²) < 4.78 is 0. The Balaban J connectivity index is 2.16. The summed E-state index contributed by atoms with van der Waals surface area (Å²) in [7, 11) is 0. The summed E-state index contributed by atoms with van der Waals surface area (Å²) in [6.07, 6.45) is 4.03. The monoisotopic (exact) mass is 268 g/mol. The number of fused-ring (bicyclic) bond motifs is 1. The Bertz CT molecular complexity index is 624. The Morgan fingerprint density at radius 2 is 2.10 bits per heavy atom. The van der Waals surface area contributed by atoms with E-state index in [2.05, 4.69) is 47.1 Å². The summed E-state index contributed by atoms with van der Waals surface area (Å²) in [6, 6.07) is 11.0. The van der Waals surface area contributed by atoms with E-state index in [1.807, 2.05) is 6.92 Å². The van der Waals surface area contributed by atoms with Crippen LogP contribution >= 0.6 is 0 Å². The number of aryl methyl sites for hydroxylation is 2. The standard InChI is InChI=1S/C17H20N2O/c1-12-9-17(15(11-20)10-18-12)19-13(2)7-8-14-5-3-4-6-16(14)19/h3-6,9-10,13,20H,7-8,11H2,1-2H3. The highest BCUT2D eigenvalue weighted by molar-refractivity contribution is 5.71. The van der Waals surface area contributed by atoms with Crippen molar-refractivity contribution in [3.63, 3.8) is 0 Å². The molecule has 2 aromatic rings. The van der Waals surface area contributed by atoms with Gasteiger partial charge in [0.2, 0.25) is 0 Å². The molecule has 0 saturated heterocycles. The third kappa shape index (κ3) is 2.18. The van der Waals surface area contributed by atoms with Gasteiger partial charge in [0.15, 0.2) is 0 Å². The number of aliphatic hydroxyl groups excluding tert-OH is 1. The van der Waals surface area contributed by atoms with Crippen LogP contribution in [0.25, 0.3) is 0 Å². The molecule has 1 unspecified atom stereocenters. The molecule has 0 bridgehead atoms. The van der Waals surface area contributed by atoms with Crippen LogP contribution in [0.5, 0.6) is 0 Å². The van der Waals surface area contributed by atoms with Gasteiger partial charge in [-0.15, -0.1) is 0 Å². The van der Waals surface area contributed by atoms with Crippen molar-refractivity contribution in [2.24, 2.45) is 0 Å². The molecule has 0 aliphatic carbocycles. The fraction of sp³-hybridized carbons (Fsp3) is 0.353. The quantitative estimate of drug-likeness (QED) is 0.907. The summed E-state index contributed by atoms with van der Waals surface area (Å²) in [5.41, 5.74) is 5.58. The Hall–Kier alpha value is -1.87. The van der Waals surface area contributed by atoms with Crippen LogP contribution in [0.3, 0.4) is 0 Å². The molecular formula is C17H20N2O. The number of para-hydroxylation sites is 1. The highest BCUT2D eigenvalue weighted by atomic mass is 16.3. The lowest BCUT2D eigenvalue weighted by Gasteiger charge is -2.38. The predicted molar refractivity (Wildman–Crippen MR) is 81.3 cm³/mol. The first-order chi connectivity index (χ1) is 9.70. The van der Waals surface area contributed by atoms with Gasteiger partial charge in [-0.1, -0.05) is 18.2 Å². The number of anilines is 2. The van der Waals surface area contributed by atoms with Crippen molar-refractivity contribution in [2.45, 2.75) is 39.3 Å². The first-order valence-corrected chi connectivity index (χ1v) is 7.14. The van der Waals surface area contributed by atoms with E-state index in [1.165, 1.54) is 11.3 Å². The third-order valence-electron chi connectivity index (χ3n) is 4.05. The molecule has 3 heteroatoms. The number of pyridine rings is 1. The number of nitrogens with zero attached hydrogens (tertiary/aromatic N) is 2. The number of aromatic nitrogens is 1. The normalized spacial score (nSPS) is 17.9. The highest BCUT2D eigenvalue weighted by Crippen LogP contribution is 2.38. The maximum absolute atomic E-state index is 9.61. The van der Waals surface area contributed by atoms with Crippen molar-refractivity contribution in [1.82, 2.24) is 4.98 Å². The molecule has 2 heterocycles. The van der Waals surface area contributed by atoms with Crippen molar-refractivity contribution in [3.05, 3.63) is 53.3 Å². The van der Waals surface area contributed by atoms with Gasteiger partial charge in [0.25, 0.3) is 0 Å². The molecule has 1 atom stereocenters. The van der Waals surface area contributed by atoms with Gasteiger partial charge < -0.3 is 10.0 Å². The van der Waals surface area contributed by atoms with Crippen LogP contribution in [-0.4, -0.2) is 16.1 Å². The van der Waals surface area contributed by atoms with Crippen LogP contribution in [-0.2, 0) is 13.0 Å². The minimum atomic E-state index is 0.0218. The minimum Gasteiger partial charge on any atom is -0.392 e. The first kappa shape index (κ1) is 13.1. The topological polar surface area (TPSA) is 36.4 Å². The summed E-state index contributed by atoms with van der Waals surface area (Å²) in [5.74, 6) is 0. The number of hydrogen-bond donors (Lipinski definition) is 1. The van der Waals surface area contributed by atoms with E-state index >= 15 is 0 Å². The summed E-state index contributed by atoms with van der Waals surface area (Å²) in [4.78, 5) is 6.65. The van der Waals surface area contributed by atoms with Crippen LogP contribution in [0.2, 0.25) is 0 Å². The van der Waals surface area contributed by atoms with E-state index in [1.54, 1.807) is 6.20 Å². The lowest BCUT2D eigenvalue weighted by atomic mass is 9.95. The SMILES string of the molecule is Cc1cc(N2c3ccccc3CCC2C)c(CO)cn1. The average Bonchev–Trinajstić information content (AvgIpc) is 2.47. The van der Waals surface area contributed by atoms with Crippen LogP contribution < -0.4 is 4.90 Å². The Kier molecular flexibility index (Phi) is 3.45. The molecule has 104 valence electrons. The molecule has 20 heavy (non-hydrogen) atoms. The van der Waals surface area contributed by atoms with E-state index in [-0.39, 0.29) is 6.61 Å². The van der Waals surface area contributed by atoms with Gasteiger partial charge in [-0.25, -0.2) is 0 Å². The third-order valence-corrected chi connectivity index (χ3v) is 4.05. The molecule has 0 amide bonds. The summed E-state index contributed by atoms with van der Waals surface area (Å²) >= 11 is 0.